The van der Waals surface area contributed by atoms with Gasteiger partial charge in [0.1, 0.15) is 18.4 Å². The summed E-state index contributed by atoms with van der Waals surface area (Å²) in [6, 6.07) is 16.9. The first kappa shape index (κ1) is 33.8. The Morgan fingerprint density at radius 3 is 2.20 bits per heavy atom. The molecule has 0 saturated carbocycles. The number of aromatic nitrogens is 3. The van der Waals surface area contributed by atoms with Crippen LogP contribution in [-0.4, -0.2) is 70.9 Å². The molecule has 0 unspecified atom stereocenters. The maximum Gasteiger partial charge on any atom is 0.243 e. The summed E-state index contributed by atoms with van der Waals surface area (Å²) >= 11 is 0. The molecule has 0 aliphatic carbocycles. The van der Waals surface area contributed by atoms with Gasteiger partial charge in [-0.2, -0.15) is 5.10 Å². The summed E-state index contributed by atoms with van der Waals surface area (Å²) in [6.07, 6.45) is 0.949. The van der Waals surface area contributed by atoms with Gasteiger partial charge in [0.05, 0.1) is 11.8 Å². The number of carbonyl (C=O) groups is 3. The fourth-order valence-electron chi connectivity index (χ4n) is 5.28. The van der Waals surface area contributed by atoms with Crippen molar-refractivity contribution in [2.75, 3.05) is 19.6 Å². The highest BCUT2D eigenvalue weighted by molar-refractivity contribution is 7.88. The van der Waals surface area contributed by atoms with E-state index in [0.717, 1.165) is 5.56 Å². The van der Waals surface area contributed by atoms with Gasteiger partial charge >= 0.3 is 0 Å². The van der Waals surface area contributed by atoms with Crippen molar-refractivity contribution in [1.29, 1.82) is 0 Å². The monoisotopic (exact) mass is 637 g/mol. The Morgan fingerprint density at radius 1 is 0.889 bits per heavy atom. The molecule has 3 amide bonds. The van der Waals surface area contributed by atoms with Crippen molar-refractivity contribution < 1.29 is 22.8 Å². The van der Waals surface area contributed by atoms with Crippen LogP contribution in [0.4, 0.5) is 0 Å². The van der Waals surface area contributed by atoms with Crippen molar-refractivity contribution >= 4 is 27.7 Å². The zero-order chi connectivity index (χ0) is 32.4. The minimum absolute atomic E-state index is 0.0355. The summed E-state index contributed by atoms with van der Waals surface area (Å²) in [7, 11) is -3.71. The maximum atomic E-state index is 13.8. The maximum absolute atomic E-state index is 13.8. The largest absolute Gasteiger partial charge is 0.354 e. The van der Waals surface area contributed by atoms with Crippen LogP contribution in [0, 0.1) is 12.8 Å². The fraction of sp³-hybridized carbons (Fsp3) is 0.469. The molecule has 3 aromatic rings. The minimum atomic E-state index is -3.71. The van der Waals surface area contributed by atoms with Gasteiger partial charge < -0.3 is 16.0 Å². The van der Waals surface area contributed by atoms with Gasteiger partial charge in [-0.3, -0.25) is 14.4 Å². The van der Waals surface area contributed by atoms with E-state index in [2.05, 4.69) is 26.0 Å². The second-order valence-electron chi connectivity index (χ2n) is 11.7. The normalized spacial score (nSPS) is 20.0. The molecule has 1 aliphatic heterocycles. The van der Waals surface area contributed by atoms with Crippen LogP contribution in [0.25, 0.3) is 0 Å². The zero-order valence-corrected chi connectivity index (χ0v) is 26.9. The number of fused-ring (bicyclic) bond motifs is 1. The van der Waals surface area contributed by atoms with Crippen molar-refractivity contribution in [1.82, 2.24) is 35.0 Å². The number of hydrogen-bond donors (Lipinski definition) is 3. The summed E-state index contributed by atoms with van der Waals surface area (Å²) in [5.41, 5.74) is 1.53. The fourth-order valence-corrected chi connectivity index (χ4v) is 6.90. The Balaban J connectivity index is 1.60. The average Bonchev–Trinajstić information content (AvgIpc) is 3.35. The Labute approximate surface area is 265 Å². The van der Waals surface area contributed by atoms with Crippen LogP contribution in [0.15, 0.2) is 60.7 Å². The van der Waals surface area contributed by atoms with Crippen molar-refractivity contribution in [3.8, 4) is 0 Å². The molecule has 2 atom stereocenters. The summed E-state index contributed by atoms with van der Waals surface area (Å²) in [6.45, 7) is 6.04. The number of carbonyl (C=O) groups excluding carboxylic acids is 3. The van der Waals surface area contributed by atoms with Gasteiger partial charge in [-0.25, -0.2) is 22.4 Å². The Bertz CT molecular complexity index is 1540. The summed E-state index contributed by atoms with van der Waals surface area (Å²) in [5, 5.41) is 13.2. The summed E-state index contributed by atoms with van der Waals surface area (Å²) < 4.78 is 29.7. The van der Waals surface area contributed by atoms with Crippen molar-refractivity contribution in [3.63, 3.8) is 0 Å². The number of benzene rings is 2. The summed E-state index contributed by atoms with van der Waals surface area (Å²) in [5.74, 6) is -0.411. The molecule has 13 heteroatoms. The lowest BCUT2D eigenvalue weighted by atomic mass is 10.0. The topological polar surface area (TPSA) is 155 Å². The van der Waals surface area contributed by atoms with Crippen LogP contribution in [-0.2, 0) is 43.1 Å². The van der Waals surface area contributed by atoms with Crippen molar-refractivity contribution in [2.24, 2.45) is 5.92 Å². The van der Waals surface area contributed by atoms with Crippen molar-refractivity contribution in [2.45, 2.75) is 70.8 Å². The molecule has 0 radical (unpaired) electrons. The molecule has 1 aromatic heterocycles. The van der Waals surface area contributed by atoms with E-state index in [-0.39, 0.29) is 68.9 Å². The molecular weight excluding hydrogens is 594 g/mol. The highest BCUT2D eigenvalue weighted by Gasteiger charge is 2.30. The molecule has 3 N–H and O–H groups in total. The summed E-state index contributed by atoms with van der Waals surface area (Å²) in [4.78, 5) is 44.4. The Hall–Kier alpha value is -4.10. The SMILES string of the molecule is Cc1nc2n(n1)CC(=O)NCCCN(S(=O)(=O)Cc1ccccc1)CCCC(=O)N[C@H](Cc1ccccc1)C(=O)N[C@H]2C(C)C. The standard InChI is InChI=1S/C32H43N7O5S/c1-23(2)30-31-34-24(3)37-39(31)21-29(41)33-17-11-19-38(45(43,44)22-26-14-8-5-9-15-26)18-10-16-28(40)35-27(32(42)36-30)20-25-12-6-4-7-13-25/h4-9,12-15,23,27,30H,10-11,16-22H2,1-3H3,(H,33,41)(H,35,40)(H,36,42)/t27-,30+/m1/s1. The lowest BCUT2D eigenvalue weighted by Gasteiger charge is -2.26. The number of amides is 3. The van der Waals surface area contributed by atoms with E-state index in [0.29, 0.717) is 23.6 Å². The van der Waals surface area contributed by atoms with Crippen LogP contribution in [0.5, 0.6) is 0 Å². The second-order valence-corrected chi connectivity index (χ2v) is 13.6. The van der Waals surface area contributed by atoms with Gasteiger partial charge in [0, 0.05) is 32.5 Å². The molecule has 12 nitrogen and oxygen atoms in total. The smallest absolute Gasteiger partial charge is 0.243 e. The predicted molar refractivity (Wildman–Crippen MR) is 170 cm³/mol. The van der Waals surface area contributed by atoms with E-state index in [4.69, 9.17) is 0 Å². The molecule has 1 aliphatic rings. The average molecular weight is 638 g/mol. The molecule has 2 heterocycles. The van der Waals surface area contributed by atoms with Gasteiger partial charge in [-0.05, 0) is 36.8 Å². The first-order valence-corrected chi connectivity index (χ1v) is 17.0. The second kappa shape index (κ2) is 15.8. The molecule has 2 aromatic carbocycles. The first-order valence-electron chi connectivity index (χ1n) is 15.4. The van der Waals surface area contributed by atoms with Gasteiger partial charge in [0.25, 0.3) is 0 Å². The van der Waals surface area contributed by atoms with Gasteiger partial charge in [0.2, 0.25) is 27.7 Å². The van der Waals surface area contributed by atoms with E-state index >= 15 is 0 Å². The number of nitrogens with zero attached hydrogens (tertiary/aromatic N) is 4. The number of hydrogen-bond acceptors (Lipinski definition) is 7. The molecule has 0 fully saturated rings. The van der Waals surface area contributed by atoms with Crippen LogP contribution in [0.2, 0.25) is 0 Å². The molecule has 0 spiro atoms. The lowest BCUT2D eigenvalue weighted by molar-refractivity contribution is -0.129. The van der Waals surface area contributed by atoms with E-state index in [1.807, 2.05) is 50.2 Å². The van der Waals surface area contributed by atoms with E-state index < -0.39 is 28.0 Å². The molecule has 0 saturated heterocycles. The van der Waals surface area contributed by atoms with Crippen LogP contribution in [0.3, 0.4) is 0 Å². The lowest BCUT2D eigenvalue weighted by Crippen LogP contribution is -2.50. The van der Waals surface area contributed by atoms with E-state index in [1.165, 1.54) is 8.99 Å². The van der Waals surface area contributed by atoms with Crippen LogP contribution < -0.4 is 16.0 Å². The third-order valence-electron chi connectivity index (χ3n) is 7.58. The molecule has 4 rings (SSSR count). The van der Waals surface area contributed by atoms with E-state index in [1.54, 1.807) is 31.2 Å². The number of sulfonamides is 1. The predicted octanol–water partition coefficient (Wildman–Crippen LogP) is 2.26. The first-order chi connectivity index (χ1) is 21.5. The quantitative estimate of drug-likeness (QED) is 0.375. The third-order valence-corrected chi connectivity index (χ3v) is 9.43. The van der Waals surface area contributed by atoms with Crippen LogP contribution in [0.1, 0.15) is 61.9 Å². The minimum Gasteiger partial charge on any atom is -0.354 e. The van der Waals surface area contributed by atoms with Gasteiger partial charge in [-0.1, -0.05) is 74.5 Å². The van der Waals surface area contributed by atoms with Crippen LogP contribution >= 0.6 is 0 Å². The molecule has 45 heavy (non-hydrogen) atoms. The van der Waals surface area contributed by atoms with Crippen molar-refractivity contribution in [3.05, 3.63) is 83.4 Å². The number of rotatable bonds is 6. The number of aryl methyl sites for hydroxylation is 1. The molecule has 242 valence electrons. The Morgan fingerprint density at radius 2 is 1.53 bits per heavy atom. The Kier molecular flexibility index (Phi) is 11.8. The van der Waals surface area contributed by atoms with Gasteiger partial charge in [-0.15, -0.1) is 0 Å². The third kappa shape index (κ3) is 9.95. The zero-order valence-electron chi connectivity index (χ0n) is 26.1. The molecular formula is C32H43N7O5S. The number of nitrogens with one attached hydrogen (secondary N) is 3. The molecule has 0 bridgehead atoms. The van der Waals surface area contributed by atoms with E-state index in [9.17, 15) is 22.8 Å². The highest BCUT2D eigenvalue weighted by atomic mass is 32.2. The van der Waals surface area contributed by atoms with Gasteiger partial charge in [0.15, 0.2) is 5.82 Å². The highest BCUT2D eigenvalue weighted by Crippen LogP contribution is 2.21.